The molecular formula is C25H34ClN7O2. The molecule has 35 heavy (non-hydrogen) atoms. The second-order valence-electron chi connectivity index (χ2n) is 8.98. The van der Waals surface area contributed by atoms with Gasteiger partial charge < -0.3 is 19.1 Å². The number of hydrogen-bond acceptors (Lipinski definition) is 8. The van der Waals surface area contributed by atoms with Gasteiger partial charge in [-0.2, -0.15) is 9.97 Å². The van der Waals surface area contributed by atoms with E-state index in [0.717, 1.165) is 68.2 Å². The molecule has 188 valence electrons. The Morgan fingerprint density at radius 3 is 2.80 bits per heavy atom. The Bertz CT molecular complexity index is 1150. The number of imidazole rings is 1. The molecule has 2 aromatic heterocycles. The summed E-state index contributed by atoms with van der Waals surface area (Å²) < 4.78 is 7.46. The molecule has 0 radical (unpaired) electrons. The van der Waals surface area contributed by atoms with Gasteiger partial charge in [0.05, 0.1) is 19.8 Å². The number of carbonyl (C=O) groups is 1. The maximum atomic E-state index is 12.6. The van der Waals surface area contributed by atoms with Crippen LogP contribution in [0.15, 0.2) is 28.9 Å². The first-order chi connectivity index (χ1) is 17.0. The van der Waals surface area contributed by atoms with Crippen LogP contribution in [0.1, 0.15) is 51.3 Å². The van der Waals surface area contributed by atoms with Gasteiger partial charge in [0.15, 0.2) is 22.8 Å². The average Bonchev–Trinajstić information content (AvgIpc) is 3.23. The zero-order valence-electron chi connectivity index (χ0n) is 20.8. The molecule has 2 aromatic rings. The van der Waals surface area contributed by atoms with E-state index in [2.05, 4.69) is 32.8 Å². The fraction of sp³-hybridized carbons (Fsp3) is 0.560. The molecule has 1 fully saturated rings. The van der Waals surface area contributed by atoms with E-state index in [1.807, 2.05) is 24.7 Å². The van der Waals surface area contributed by atoms with Gasteiger partial charge >= 0.3 is 0 Å². The predicted molar refractivity (Wildman–Crippen MR) is 139 cm³/mol. The lowest BCUT2D eigenvalue weighted by atomic mass is 10.1. The van der Waals surface area contributed by atoms with E-state index in [1.165, 1.54) is 0 Å². The summed E-state index contributed by atoms with van der Waals surface area (Å²) in [6, 6.07) is 0. The number of nitrogens with zero attached hydrogens (tertiary/aromatic N) is 7. The Kier molecular flexibility index (Phi) is 8.51. The first-order valence-corrected chi connectivity index (χ1v) is 12.7. The van der Waals surface area contributed by atoms with Gasteiger partial charge in [-0.1, -0.05) is 25.5 Å². The molecule has 2 aliphatic rings. The number of Topliss-reactive ketones (excluding diaryl/α,β-unsaturated/α-hetero) is 1. The van der Waals surface area contributed by atoms with Crippen LogP contribution < -0.4 is 4.90 Å². The van der Waals surface area contributed by atoms with Gasteiger partial charge in [-0.15, -0.1) is 0 Å². The van der Waals surface area contributed by atoms with Crippen molar-refractivity contribution >= 4 is 40.2 Å². The summed E-state index contributed by atoms with van der Waals surface area (Å²) in [6.45, 7) is 5.42. The van der Waals surface area contributed by atoms with E-state index in [-0.39, 0.29) is 11.1 Å². The summed E-state index contributed by atoms with van der Waals surface area (Å²) in [5.41, 5.74) is 2.12. The van der Waals surface area contributed by atoms with Crippen LogP contribution >= 0.6 is 11.6 Å². The summed E-state index contributed by atoms with van der Waals surface area (Å²) in [5, 5.41) is 0.209. The zero-order chi connectivity index (χ0) is 24.8. The molecule has 0 spiro atoms. The van der Waals surface area contributed by atoms with Crippen molar-refractivity contribution in [1.29, 1.82) is 0 Å². The number of unbranched alkanes of at least 4 members (excludes halogenated alkanes) is 1. The molecule has 0 amide bonds. The first kappa shape index (κ1) is 25.3. The highest BCUT2D eigenvalue weighted by Gasteiger charge is 2.22. The number of amidine groups is 1. The molecule has 9 nitrogen and oxygen atoms in total. The smallest absolute Gasteiger partial charge is 0.226 e. The van der Waals surface area contributed by atoms with E-state index in [9.17, 15) is 4.79 Å². The first-order valence-electron chi connectivity index (χ1n) is 12.4. The van der Waals surface area contributed by atoms with Gasteiger partial charge in [0.25, 0.3) is 0 Å². The summed E-state index contributed by atoms with van der Waals surface area (Å²) in [4.78, 5) is 35.4. The van der Waals surface area contributed by atoms with E-state index >= 15 is 0 Å². The molecule has 4 rings (SSSR count). The normalized spacial score (nSPS) is 20.9. The van der Waals surface area contributed by atoms with Crippen molar-refractivity contribution in [2.75, 3.05) is 38.3 Å². The van der Waals surface area contributed by atoms with Gasteiger partial charge in [0, 0.05) is 51.8 Å². The number of fused-ring (bicyclic) bond motifs is 1. The monoisotopic (exact) mass is 499 g/mol. The Morgan fingerprint density at radius 1 is 1.23 bits per heavy atom. The number of ether oxygens (including phenoxy) is 1. The van der Waals surface area contributed by atoms with E-state index in [1.54, 1.807) is 6.20 Å². The van der Waals surface area contributed by atoms with Crippen LogP contribution in [-0.2, 0) is 23.1 Å². The molecule has 0 bridgehead atoms. The molecule has 10 heteroatoms. The lowest BCUT2D eigenvalue weighted by Gasteiger charge is -2.27. The standard InChI is InChI=1S/C25H34ClN7O2/c1-4-5-10-19(34)18-9-7-6-8-11-20(27-16-18)31(2)17-21-28-22-23(32(21)3)29-25(26)30-24(22)33-12-14-35-15-13-33/h7,9,16H,4-6,8,10-15,17H2,1-3H3/b9-7-,18-16+,27-20+. The minimum Gasteiger partial charge on any atom is -0.378 e. The van der Waals surface area contributed by atoms with Crippen LogP contribution in [0.4, 0.5) is 5.82 Å². The Hall–Kier alpha value is -2.78. The summed E-state index contributed by atoms with van der Waals surface area (Å²) in [7, 11) is 3.96. The van der Waals surface area contributed by atoms with E-state index in [0.29, 0.717) is 37.4 Å². The molecule has 1 saturated heterocycles. The number of halogens is 1. The van der Waals surface area contributed by atoms with Crippen molar-refractivity contribution in [2.45, 2.75) is 52.0 Å². The van der Waals surface area contributed by atoms with Crippen molar-refractivity contribution in [2.24, 2.45) is 12.0 Å². The maximum absolute atomic E-state index is 12.6. The Morgan fingerprint density at radius 2 is 2.03 bits per heavy atom. The van der Waals surface area contributed by atoms with Crippen LogP contribution in [0.5, 0.6) is 0 Å². The van der Waals surface area contributed by atoms with Crippen molar-refractivity contribution < 1.29 is 9.53 Å². The van der Waals surface area contributed by atoms with Crippen molar-refractivity contribution in [3.05, 3.63) is 35.0 Å². The number of anilines is 1. The molecule has 2 aliphatic heterocycles. The maximum Gasteiger partial charge on any atom is 0.226 e. The number of rotatable bonds is 7. The SMILES string of the molecule is CCCCC(=O)C1=C/N=C(/N(C)Cc2nc3c(N4CCOCC4)nc(Cl)nc3n2C)CCC/C=C\1. The second kappa shape index (κ2) is 11.8. The van der Waals surface area contributed by atoms with E-state index in [4.69, 9.17) is 26.3 Å². The Labute approximate surface area is 211 Å². The van der Waals surface area contributed by atoms with Crippen LogP contribution in [0.3, 0.4) is 0 Å². The van der Waals surface area contributed by atoms with Gasteiger partial charge in [-0.3, -0.25) is 4.79 Å². The van der Waals surface area contributed by atoms with Gasteiger partial charge in [0.2, 0.25) is 5.28 Å². The predicted octanol–water partition coefficient (Wildman–Crippen LogP) is 4.07. The number of hydrogen-bond donors (Lipinski definition) is 0. The molecule has 4 heterocycles. The summed E-state index contributed by atoms with van der Waals surface area (Å²) in [5.74, 6) is 2.67. The highest BCUT2D eigenvalue weighted by molar-refractivity contribution is 6.28. The minimum atomic E-state index is 0.150. The third kappa shape index (κ3) is 6.08. The molecule has 0 aromatic carbocycles. The van der Waals surface area contributed by atoms with Crippen LogP contribution in [0.2, 0.25) is 5.28 Å². The molecule has 0 N–H and O–H groups in total. The molecule has 0 unspecified atom stereocenters. The average molecular weight is 500 g/mol. The van der Waals surface area contributed by atoms with Crippen molar-refractivity contribution in [1.82, 2.24) is 24.4 Å². The highest BCUT2D eigenvalue weighted by Crippen LogP contribution is 2.26. The van der Waals surface area contributed by atoms with E-state index < -0.39 is 0 Å². The number of allylic oxidation sites excluding steroid dienone is 3. The lowest BCUT2D eigenvalue weighted by Crippen LogP contribution is -2.37. The molecule has 0 aliphatic carbocycles. The van der Waals surface area contributed by atoms with Crippen LogP contribution in [-0.4, -0.2) is 69.4 Å². The third-order valence-electron chi connectivity index (χ3n) is 6.40. The summed E-state index contributed by atoms with van der Waals surface area (Å²) in [6.07, 6.45) is 10.9. The third-order valence-corrected chi connectivity index (χ3v) is 6.57. The van der Waals surface area contributed by atoms with Gasteiger partial charge in [0.1, 0.15) is 11.7 Å². The molecule has 0 saturated carbocycles. The molecular weight excluding hydrogens is 466 g/mol. The van der Waals surface area contributed by atoms with Gasteiger partial charge in [-0.05, 0) is 30.9 Å². The lowest BCUT2D eigenvalue weighted by molar-refractivity contribution is -0.115. The fourth-order valence-electron chi connectivity index (χ4n) is 4.28. The quantitative estimate of drug-likeness (QED) is 0.530. The van der Waals surface area contributed by atoms with Crippen LogP contribution in [0.25, 0.3) is 11.2 Å². The number of aromatic nitrogens is 4. The largest absolute Gasteiger partial charge is 0.378 e. The number of carbonyl (C=O) groups excluding carboxylic acids is 1. The molecule has 0 atom stereocenters. The highest BCUT2D eigenvalue weighted by atomic mass is 35.5. The number of aliphatic imine (C=N–C) groups is 1. The Balaban J connectivity index is 1.59. The topological polar surface area (TPSA) is 88.7 Å². The fourth-order valence-corrected chi connectivity index (χ4v) is 4.44. The summed E-state index contributed by atoms with van der Waals surface area (Å²) >= 11 is 6.28. The number of morpholine rings is 1. The van der Waals surface area contributed by atoms with Crippen LogP contribution in [0, 0.1) is 0 Å². The zero-order valence-corrected chi connectivity index (χ0v) is 21.6. The van der Waals surface area contributed by atoms with Crippen molar-refractivity contribution in [3.63, 3.8) is 0 Å². The van der Waals surface area contributed by atoms with Crippen molar-refractivity contribution in [3.8, 4) is 0 Å². The van der Waals surface area contributed by atoms with Gasteiger partial charge in [-0.25, -0.2) is 9.98 Å². The number of aryl methyl sites for hydroxylation is 1. The minimum absolute atomic E-state index is 0.150. The number of ketones is 1. The second-order valence-corrected chi connectivity index (χ2v) is 9.32.